The highest BCUT2D eigenvalue weighted by Crippen LogP contribution is 2.36. The van der Waals surface area contributed by atoms with Gasteiger partial charge in [0, 0.05) is 44.2 Å². The summed E-state index contributed by atoms with van der Waals surface area (Å²) in [6.45, 7) is 6.44. The van der Waals surface area contributed by atoms with Gasteiger partial charge in [-0.1, -0.05) is 13.8 Å². The molecule has 3 heterocycles. The molecule has 0 bridgehead atoms. The number of rotatable bonds is 5. The van der Waals surface area contributed by atoms with Crippen LogP contribution in [-0.4, -0.2) is 52.2 Å². The van der Waals surface area contributed by atoms with Gasteiger partial charge in [-0.3, -0.25) is 4.79 Å². The zero-order chi connectivity index (χ0) is 17.7. The van der Waals surface area contributed by atoms with E-state index in [1.54, 1.807) is 18.5 Å². The molecule has 2 saturated heterocycles. The molecule has 2 aliphatic heterocycles. The Labute approximate surface area is 149 Å². The van der Waals surface area contributed by atoms with Gasteiger partial charge in [-0.2, -0.15) is 0 Å². The largest absolute Gasteiger partial charge is 0.460 e. The lowest BCUT2D eigenvalue weighted by Crippen LogP contribution is -2.53. The minimum atomic E-state index is -0.164. The predicted molar refractivity (Wildman–Crippen MR) is 94.3 cm³/mol. The summed E-state index contributed by atoms with van der Waals surface area (Å²) in [6.07, 6.45) is 8.77. The molecule has 0 saturated carbocycles. The Morgan fingerprint density at radius 1 is 1.32 bits per heavy atom. The first-order valence-corrected chi connectivity index (χ1v) is 9.52. The molecule has 1 amide bonds. The summed E-state index contributed by atoms with van der Waals surface area (Å²) in [5.41, 5.74) is -0.164. The Kier molecular flexibility index (Phi) is 5.89. The molecule has 25 heavy (non-hydrogen) atoms. The van der Waals surface area contributed by atoms with Crippen molar-refractivity contribution in [2.24, 2.45) is 5.92 Å². The van der Waals surface area contributed by atoms with Gasteiger partial charge in [0.1, 0.15) is 6.10 Å². The number of carbonyl (C=O) groups is 1. The predicted octanol–water partition coefficient (Wildman–Crippen LogP) is 2.83. The Hall–Kier alpha value is -1.69. The van der Waals surface area contributed by atoms with Crippen LogP contribution in [0.15, 0.2) is 18.5 Å². The lowest BCUT2D eigenvalue weighted by Gasteiger charge is -2.46. The summed E-state index contributed by atoms with van der Waals surface area (Å²) in [6, 6.07) is 2.22. The topological polar surface area (TPSA) is 64.6 Å². The minimum absolute atomic E-state index is 0.0810. The second-order valence-electron chi connectivity index (χ2n) is 7.13. The molecule has 6 nitrogen and oxygen atoms in total. The first-order chi connectivity index (χ1) is 12.2. The highest BCUT2D eigenvalue weighted by molar-refractivity contribution is 5.78. The molecule has 0 radical (unpaired) electrons. The molecule has 1 aromatic heterocycles. The second kappa shape index (κ2) is 8.13. The third-order valence-electron chi connectivity index (χ3n) is 5.58. The molecule has 2 fully saturated rings. The summed E-state index contributed by atoms with van der Waals surface area (Å²) < 4.78 is 12.1. The van der Waals surface area contributed by atoms with Gasteiger partial charge in [-0.05, 0) is 31.7 Å². The molecule has 138 valence electrons. The van der Waals surface area contributed by atoms with Crippen molar-refractivity contribution in [1.82, 2.24) is 14.9 Å². The molecular weight excluding hydrogens is 318 g/mol. The lowest BCUT2D eigenvalue weighted by molar-refractivity contribution is -0.154. The number of hydrogen-bond donors (Lipinski definition) is 0. The van der Waals surface area contributed by atoms with Gasteiger partial charge in [-0.15, -0.1) is 0 Å². The third kappa shape index (κ3) is 4.29. The lowest BCUT2D eigenvalue weighted by atomic mass is 9.83. The van der Waals surface area contributed by atoms with Crippen LogP contribution in [-0.2, 0) is 9.53 Å². The Bertz CT molecular complexity index is 554. The molecule has 0 N–H and O–H groups in total. The van der Waals surface area contributed by atoms with Crippen molar-refractivity contribution in [2.45, 2.75) is 64.1 Å². The van der Waals surface area contributed by atoms with Crippen molar-refractivity contribution >= 4 is 5.91 Å². The van der Waals surface area contributed by atoms with Crippen LogP contribution < -0.4 is 4.74 Å². The number of piperidine rings is 1. The van der Waals surface area contributed by atoms with Crippen LogP contribution in [0.5, 0.6) is 6.01 Å². The normalized spacial score (nSPS) is 23.0. The Morgan fingerprint density at radius 3 is 2.64 bits per heavy atom. The van der Waals surface area contributed by atoms with Crippen molar-refractivity contribution < 1.29 is 14.3 Å². The maximum absolute atomic E-state index is 12.6. The van der Waals surface area contributed by atoms with E-state index in [4.69, 9.17) is 9.47 Å². The number of ether oxygens (including phenoxy) is 2. The summed E-state index contributed by atoms with van der Waals surface area (Å²) in [7, 11) is 0. The zero-order valence-electron chi connectivity index (χ0n) is 15.3. The molecular formula is C19H29N3O3. The highest BCUT2D eigenvalue weighted by atomic mass is 16.5. The van der Waals surface area contributed by atoms with Gasteiger partial charge in [0.2, 0.25) is 5.91 Å². The molecule has 0 aromatic carbocycles. The van der Waals surface area contributed by atoms with Crippen LogP contribution in [0, 0.1) is 5.92 Å². The van der Waals surface area contributed by atoms with E-state index < -0.39 is 0 Å². The smallest absolute Gasteiger partial charge is 0.316 e. The van der Waals surface area contributed by atoms with E-state index in [1.165, 1.54) is 0 Å². The summed E-state index contributed by atoms with van der Waals surface area (Å²) in [5, 5.41) is 0. The van der Waals surface area contributed by atoms with Crippen molar-refractivity contribution in [2.75, 3.05) is 19.7 Å². The molecule has 1 atom stereocenters. The Balaban J connectivity index is 1.56. The van der Waals surface area contributed by atoms with Crippen molar-refractivity contribution in [3.8, 4) is 6.01 Å². The average Bonchev–Trinajstić information content (AvgIpc) is 2.64. The van der Waals surface area contributed by atoms with E-state index in [0.29, 0.717) is 18.5 Å². The first-order valence-electron chi connectivity index (χ1n) is 9.52. The number of hydrogen-bond acceptors (Lipinski definition) is 5. The third-order valence-corrected chi connectivity index (χ3v) is 5.58. The molecule has 1 spiro atoms. The second-order valence-corrected chi connectivity index (χ2v) is 7.13. The number of likely N-dealkylation sites (tertiary alicyclic amines) is 1. The Morgan fingerprint density at radius 2 is 2.00 bits per heavy atom. The average molecular weight is 347 g/mol. The maximum Gasteiger partial charge on any atom is 0.316 e. The number of nitrogens with zero attached hydrogens (tertiary/aromatic N) is 3. The van der Waals surface area contributed by atoms with Crippen LogP contribution in [0.2, 0.25) is 0 Å². The molecule has 6 heteroatoms. The molecule has 1 aromatic rings. The van der Waals surface area contributed by atoms with Gasteiger partial charge in [0.25, 0.3) is 0 Å². The van der Waals surface area contributed by atoms with E-state index in [1.807, 2.05) is 4.90 Å². The number of aromatic nitrogens is 2. The van der Waals surface area contributed by atoms with Crippen molar-refractivity contribution in [1.29, 1.82) is 0 Å². The zero-order valence-corrected chi connectivity index (χ0v) is 15.3. The van der Waals surface area contributed by atoms with Gasteiger partial charge < -0.3 is 14.4 Å². The summed E-state index contributed by atoms with van der Waals surface area (Å²) in [4.78, 5) is 22.9. The van der Waals surface area contributed by atoms with E-state index in [2.05, 4.69) is 23.8 Å². The summed E-state index contributed by atoms with van der Waals surface area (Å²) in [5.74, 6) is 0.466. The fourth-order valence-corrected chi connectivity index (χ4v) is 3.96. The number of carbonyl (C=O) groups excluding carboxylic acids is 1. The molecule has 2 aliphatic rings. The number of amides is 1. The van der Waals surface area contributed by atoms with E-state index in [9.17, 15) is 4.79 Å². The van der Waals surface area contributed by atoms with Crippen LogP contribution in [0.1, 0.15) is 52.4 Å². The molecule has 0 aliphatic carbocycles. The minimum Gasteiger partial charge on any atom is -0.460 e. The fourth-order valence-electron chi connectivity index (χ4n) is 3.96. The van der Waals surface area contributed by atoms with Crippen molar-refractivity contribution in [3.63, 3.8) is 0 Å². The van der Waals surface area contributed by atoms with Crippen molar-refractivity contribution in [3.05, 3.63) is 18.5 Å². The monoisotopic (exact) mass is 347 g/mol. The van der Waals surface area contributed by atoms with Crippen LogP contribution in [0.25, 0.3) is 0 Å². The van der Waals surface area contributed by atoms with Crippen LogP contribution in [0.4, 0.5) is 0 Å². The van der Waals surface area contributed by atoms with Crippen LogP contribution in [0.3, 0.4) is 0 Å². The molecule has 1 unspecified atom stereocenters. The quantitative estimate of drug-likeness (QED) is 0.819. The van der Waals surface area contributed by atoms with Crippen LogP contribution >= 0.6 is 0 Å². The highest BCUT2D eigenvalue weighted by Gasteiger charge is 2.42. The molecule has 3 rings (SSSR count). The van der Waals surface area contributed by atoms with E-state index in [0.717, 1.165) is 51.6 Å². The van der Waals surface area contributed by atoms with E-state index >= 15 is 0 Å². The van der Waals surface area contributed by atoms with Gasteiger partial charge in [-0.25, -0.2) is 9.97 Å². The van der Waals surface area contributed by atoms with Gasteiger partial charge in [0.15, 0.2) is 0 Å². The van der Waals surface area contributed by atoms with E-state index in [-0.39, 0.29) is 17.6 Å². The van der Waals surface area contributed by atoms with Gasteiger partial charge >= 0.3 is 6.01 Å². The fraction of sp³-hybridized carbons (Fsp3) is 0.737. The maximum atomic E-state index is 12.6. The standard InChI is InChI=1S/C19H29N3O3/c1-3-15(4-2)17(23)22-11-7-19(8-12-22)14-16(6-13-24-19)25-18-20-9-5-10-21-18/h5,9-10,15-16H,3-4,6-8,11-14H2,1-2H3. The van der Waals surface area contributed by atoms with Gasteiger partial charge in [0.05, 0.1) is 12.2 Å². The first kappa shape index (κ1) is 18.1. The SMILES string of the molecule is CCC(CC)C(=O)N1CCC2(CC1)CC(Oc1ncccn1)CCO2. The summed E-state index contributed by atoms with van der Waals surface area (Å²) >= 11 is 0.